The van der Waals surface area contributed by atoms with Crippen molar-refractivity contribution in [3.63, 3.8) is 0 Å². The Morgan fingerprint density at radius 1 is 1.25 bits per heavy atom. The van der Waals surface area contributed by atoms with Crippen LogP contribution in [0.25, 0.3) is 0 Å². The summed E-state index contributed by atoms with van der Waals surface area (Å²) in [7, 11) is 0. The van der Waals surface area contributed by atoms with Crippen LogP contribution in [0.15, 0.2) is 12.1 Å². The van der Waals surface area contributed by atoms with Crippen molar-refractivity contribution in [3.8, 4) is 0 Å². The van der Waals surface area contributed by atoms with Crippen LogP contribution >= 0.6 is 0 Å². The van der Waals surface area contributed by atoms with E-state index in [0.717, 1.165) is 11.1 Å². The Balaban J connectivity index is 3.24. The van der Waals surface area contributed by atoms with Gasteiger partial charge in [-0.3, -0.25) is 0 Å². The van der Waals surface area contributed by atoms with Crippen molar-refractivity contribution in [2.24, 2.45) is 0 Å². The van der Waals surface area contributed by atoms with Gasteiger partial charge in [-0.2, -0.15) is 0 Å². The van der Waals surface area contributed by atoms with Crippen molar-refractivity contribution in [1.82, 2.24) is 0 Å². The molecule has 0 atom stereocenters. The molecule has 0 aliphatic rings. The fraction of sp³-hybridized carbons (Fsp3) is 0.333. The zero-order valence-corrected chi connectivity index (χ0v) is 7.04. The van der Waals surface area contributed by atoms with E-state index in [1.165, 1.54) is 0 Å². The molecule has 1 aromatic rings. The normalized spacial score (nSPS) is 10.2. The molecule has 0 radical (unpaired) electrons. The minimum atomic E-state index is -0.0779. The smallest absolute Gasteiger partial charge is 0.0704 e. The molecule has 1 aromatic carbocycles. The summed E-state index contributed by atoms with van der Waals surface area (Å²) in [5.74, 6) is 0. The number of hydrogen-bond acceptors (Lipinski definition) is 3. The lowest BCUT2D eigenvalue weighted by Crippen LogP contribution is -2.00. The van der Waals surface area contributed by atoms with Gasteiger partial charge in [0, 0.05) is 11.3 Å². The zero-order valence-electron chi connectivity index (χ0n) is 7.04. The van der Waals surface area contributed by atoms with Gasteiger partial charge in [0.1, 0.15) is 0 Å². The predicted molar refractivity (Wildman–Crippen MR) is 47.4 cm³/mol. The Morgan fingerprint density at radius 2 is 1.92 bits per heavy atom. The van der Waals surface area contributed by atoms with E-state index in [-0.39, 0.29) is 13.2 Å². The van der Waals surface area contributed by atoms with E-state index < -0.39 is 0 Å². The quantitative estimate of drug-likeness (QED) is 0.564. The molecular formula is C9H13NO2. The van der Waals surface area contributed by atoms with Crippen LogP contribution in [0.5, 0.6) is 0 Å². The van der Waals surface area contributed by atoms with Crippen LogP contribution < -0.4 is 5.73 Å². The van der Waals surface area contributed by atoms with Crippen LogP contribution in [0, 0.1) is 6.92 Å². The summed E-state index contributed by atoms with van der Waals surface area (Å²) in [6, 6.07) is 3.47. The summed E-state index contributed by atoms with van der Waals surface area (Å²) in [5, 5.41) is 17.9. The van der Waals surface area contributed by atoms with Crippen LogP contribution in [-0.2, 0) is 13.2 Å². The van der Waals surface area contributed by atoms with Crippen molar-refractivity contribution in [2.45, 2.75) is 20.1 Å². The highest BCUT2D eigenvalue weighted by Gasteiger charge is 2.05. The first-order chi connectivity index (χ1) is 5.70. The first kappa shape index (κ1) is 9.03. The number of aliphatic hydroxyl groups excluding tert-OH is 2. The van der Waals surface area contributed by atoms with Gasteiger partial charge in [0.2, 0.25) is 0 Å². The minimum Gasteiger partial charge on any atom is -0.398 e. The Bertz CT molecular complexity index is 284. The van der Waals surface area contributed by atoms with Crippen LogP contribution in [0.2, 0.25) is 0 Å². The number of aliphatic hydroxyl groups is 2. The van der Waals surface area contributed by atoms with Gasteiger partial charge in [0.15, 0.2) is 0 Å². The molecule has 0 heterocycles. The molecule has 0 amide bonds. The maximum Gasteiger partial charge on any atom is 0.0704 e. The van der Waals surface area contributed by atoms with Gasteiger partial charge in [0.05, 0.1) is 13.2 Å². The summed E-state index contributed by atoms with van der Waals surface area (Å²) in [6.45, 7) is 1.75. The molecule has 12 heavy (non-hydrogen) atoms. The van der Waals surface area contributed by atoms with Gasteiger partial charge >= 0.3 is 0 Å². The second-order valence-electron chi connectivity index (χ2n) is 2.73. The van der Waals surface area contributed by atoms with Crippen molar-refractivity contribution in [3.05, 3.63) is 28.8 Å². The predicted octanol–water partition coefficient (Wildman–Crippen LogP) is 0.562. The molecule has 3 heteroatoms. The molecule has 0 aliphatic heterocycles. The maximum absolute atomic E-state index is 8.96. The minimum absolute atomic E-state index is 0.0148. The number of nitrogen functional groups attached to an aromatic ring is 1. The highest BCUT2D eigenvalue weighted by molar-refractivity contribution is 5.53. The fourth-order valence-corrected chi connectivity index (χ4v) is 1.21. The van der Waals surface area contributed by atoms with Gasteiger partial charge < -0.3 is 15.9 Å². The highest BCUT2D eigenvalue weighted by Crippen LogP contribution is 2.20. The first-order valence-electron chi connectivity index (χ1n) is 3.79. The Morgan fingerprint density at radius 3 is 2.42 bits per heavy atom. The Kier molecular flexibility index (Phi) is 2.68. The molecule has 1 rings (SSSR count). The average molecular weight is 167 g/mol. The molecule has 0 saturated carbocycles. The molecule has 66 valence electrons. The summed E-state index contributed by atoms with van der Waals surface area (Å²) in [4.78, 5) is 0. The number of rotatable bonds is 2. The summed E-state index contributed by atoms with van der Waals surface area (Å²) in [6.07, 6.45) is 0. The van der Waals surface area contributed by atoms with Gasteiger partial charge in [-0.1, -0.05) is 6.07 Å². The molecule has 3 nitrogen and oxygen atoms in total. The van der Waals surface area contributed by atoms with Crippen molar-refractivity contribution in [2.75, 3.05) is 5.73 Å². The lowest BCUT2D eigenvalue weighted by Gasteiger charge is -2.09. The number of benzene rings is 1. The third kappa shape index (κ3) is 1.42. The lowest BCUT2D eigenvalue weighted by molar-refractivity contribution is 0.274. The third-order valence-corrected chi connectivity index (χ3v) is 2.08. The standard InChI is InChI=1S/C9H13NO2/c1-6-7(4-11)2-3-9(10)8(6)5-12/h2-3,11-12H,4-5,10H2,1H3. The first-order valence-corrected chi connectivity index (χ1v) is 3.79. The summed E-state index contributed by atoms with van der Waals surface area (Å²) >= 11 is 0. The molecule has 0 aliphatic carbocycles. The van der Waals surface area contributed by atoms with E-state index in [4.69, 9.17) is 15.9 Å². The molecule has 0 aromatic heterocycles. The van der Waals surface area contributed by atoms with E-state index in [1.54, 1.807) is 12.1 Å². The van der Waals surface area contributed by atoms with Gasteiger partial charge in [-0.15, -0.1) is 0 Å². The monoisotopic (exact) mass is 167 g/mol. The Labute approximate surface area is 71.5 Å². The Hall–Kier alpha value is -1.06. The number of hydrogen-bond donors (Lipinski definition) is 3. The molecule has 0 fully saturated rings. The average Bonchev–Trinajstić information content (AvgIpc) is 2.06. The maximum atomic E-state index is 8.96. The van der Waals surface area contributed by atoms with Crippen molar-refractivity contribution >= 4 is 5.69 Å². The van der Waals surface area contributed by atoms with Crippen molar-refractivity contribution < 1.29 is 10.2 Å². The molecule has 0 spiro atoms. The zero-order chi connectivity index (χ0) is 9.14. The van der Waals surface area contributed by atoms with E-state index in [1.807, 2.05) is 6.92 Å². The molecule has 0 unspecified atom stereocenters. The fourth-order valence-electron chi connectivity index (χ4n) is 1.21. The lowest BCUT2D eigenvalue weighted by atomic mass is 10.0. The third-order valence-electron chi connectivity index (χ3n) is 2.08. The topological polar surface area (TPSA) is 66.5 Å². The summed E-state index contributed by atoms with van der Waals surface area (Å²) < 4.78 is 0. The number of anilines is 1. The molecule has 4 N–H and O–H groups in total. The van der Waals surface area contributed by atoms with Crippen LogP contribution in [0.3, 0.4) is 0 Å². The van der Waals surface area contributed by atoms with E-state index in [2.05, 4.69) is 0 Å². The second kappa shape index (κ2) is 3.56. The van der Waals surface area contributed by atoms with Gasteiger partial charge in [-0.25, -0.2) is 0 Å². The number of nitrogens with two attached hydrogens (primary N) is 1. The SMILES string of the molecule is Cc1c(CO)ccc(N)c1CO. The van der Waals surface area contributed by atoms with Gasteiger partial charge in [-0.05, 0) is 24.1 Å². The van der Waals surface area contributed by atoms with Crippen LogP contribution in [0.4, 0.5) is 5.69 Å². The molecule has 0 saturated heterocycles. The van der Waals surface area contributed by atoms with Crippen LogP contribution in [-0.4, -0.2) is 10.2 Å². The largest absolute Gasteiger partial charge is 0.398 e. The van der Waals surface area contributed by atoms with E-state index in [0.29, 0.717) is 11.3 Å². The highest BCUT2D eigenvalue weighted by atomic mass is 16.3. The van der Waals surface area contributed by atoms with Gasteiger partial charge in [0.25, 0.3) is 0 Å². The van der Waals surface area contributed by atoms with E-state index in [9.17, 15) is 0 Å². The second-order valence-corrected chi connectivity index (χ2v) is 2.73. The van der Waals surface area contributed by atoms with E-state index >= 15 is 0 Å². The summed E-state index contributed by atoms with van der Waals surface area (Å²) in [5.41, 5.74) is 8.59. The molecular weight excluding hydrogens is 154 g/mol. The molecule has 0 bridgehead atoms. The van der Waals surface area contributed by atoms with Crippen LogP contribution in [0.1, 0.15) is 16.7 Å². The van der Waals surface area contributed by atoms with Crippen molar-refractivity contribution in [1.29, 1.82) is 0 Å².